The first-order valence-corrected chi connectivity index (χ1v) is 18.7. The minimum atomic E-state index is -0.434. The third-order valence-corrected chi connectivity index (χ3v) is 10.4. The molecule has 12 heteroatoms. The quantitative estimate of drug-likeness (QED) is 0.149. The molecule has 8 rings (SSSR count). The lowest BCUT2D eigenvalue weighted by molar-refractivity contribution is 0.102. The number of halogens is 4. The first-order valence-electron chi connectivity index (χ1n) is 17.1. The summed E-state index contributed by atoms with van der Waals surface area (Å²) < 4.78 is 0. The Labute approximate surface area is 340 Å². The van der Waals surface area contributed by atoms with Gasteiger partial charge in [0, 0.05) is 27.6 Å². The molecule has 0 aliphatic heterocycles. The van der Waals surface area contributed by atoms with Crippen molar-refractivity contribution < 1.29 is 9.59 Å². The molecule has 0 saturated carbocycles. The molecule has 8 aromatic rings. The number of anilines is 2. The zero-order valence-corrected chi connectivity index (χ0v) is 32.0. The van der Waals surface area contributed by atoms with E-state index in [9.17, 15) is 9.59 Å². The molecule has 0 unspecified atom stereocenters. The molecule has 0 bridgehead atoms. The summed E-state index contributed by atoms with van der Waals surface area (Å²) in [5, 5.41) is 17.7. The van der Waals surface area contributed by atoms with Crippen LogP contribution in [0.3, 0.4) is 0 Å². The fraction of sp³-hybridized carbons (Fsp3) is 0. The SMILES string of the molecule is O=C(Nc1ccc(N=Nc2ccccc2)c(NC(=O)c2cc(-c3ccc(Cl)c(Cl)c3)nc3ccccc23)c1)c1cc(-c2ccc(Cl)c(Cl)c2)nc2ccccc12. The molecule has 0 aliphatic carbocycles. The van der Waals surface area contributed by atoms with E-state index in [0.29, 0.717) is 98.3 Å². The van der Waals surface area contributed by atoms with Crippen LogP contribution in [0.2, 0.25) is 20.1 Å². The monoisotopic (exact) mass is 810 g/mol. The smallest absolute Gasteiger partial charge is 0.256 e. The maximum Gasteiger partial charge on any atom is 0.256 e. The van der Waals surface area contributed by atoms with Crippen molar-refractivity contribution in [3.63, 3.8) is 0 Å². The number of benzene rings is 6. The summed E-state index contributed by atoms with van der Waals surface area (Å²) in [5.41, 5.74) is 6.11. The van der Waals surface area contributed by atoms with Crippen molar-refractivity contribution in [2.45, 2.75) is 0 Å². The summed E-state index contributed by atoms with van der Waals surface area (Å²) in [4.78, 5) is 38.0. The Morgan fingerprint density at radius 1 is 0.482 bits per heavy atom. The average molecular weight is 813 g/mol. The number of hydrogen-bond acceptors (Lipinski definition) is 6. The first kappa shape index (κ1) is 36.8. The highest BCUT2D eigenvalue weighted by molar-refractivity contribution is 6.42. The molecule has 6 aromatic carbocycles. The van der Waals surface area contributed by atoms with Crippen molar-refractivity contribution >= 4 is 103 Å². The summed E-state index contributed by atoms with van der Waals surface area (Å²) >= 11 is 25.0. The zero-order valence-electron chi connectivity index (χ0n) is 29.0. The third kappa shape index (κ3) is 7.82. The van der Waals surface area contributed by atoms with Crippen molar-refractivity contribution in [3.05, 3.63) is 177 Å². The number of para-hydroxylation sites is 2. The molecule has 272 valence electrons. The predicted molar refractivity (Wildman–Crippen MR) is 227 cm³/mol. The average Bonchev–Trinajstić information content (AvgIpc) is 3.22. The highest BCUT2D eigenvalue weighted by Gasteiger charge is 2.19. The molecule has 8 nitrogen and oxygen atoms in total. The summed E-state index contributed by atoms with van der Waals surface area (Å²) in [6.45, 7) is 0. The molecule has 0 atom stereocenters. The summed E-state index contributed by atoms with van der Waals surface area (Å²) in [6, 6.07) is 42.7. The number of aromatic nitrogens is 2. The van der Waals surface area contributed by atoms with Gasteiger partial charge in [0.25, 0.3) is 11.8 Å². The van der Waals surface area contributed by atoms with E-state index in [4.69, 9.17) is 56.4 Å². The number of rotatable bonds is 8. The summed E-state index contributed by atoms with van der Waals surface area (Å²) in [6.07, 6.45) is 0. The number of fused-ring (bicyclic) bond motifs is 2. The Bertz CT molecular complexity index is 2870. The van der Waals surface area contributed by atoms with Crippen LogP contribution in [0.1, 0.15) is 20.7 Å². The molecule has 0 spiro atoms. The largest absolute Gasteiger partial charge is 0.322 e. The lowest BCUT2D eigenvalue weighted by Crippen LogP contribution is -2.15. The van der Waals surface area contributed by atoms with Crippen LogP contribution in [-0.4, -0.2) is 21.8 Å². The van der Waals surface area contributed by atoms with Gasteiger partial charge in [-0.15, -0.1) is 5.11 Å². The molecule has 2 N–H and O–H groups in total. The standard InChI is InChI=1S/C44H26Cl4N6O2/c45-33-17-14-25(20-35(33)47)40-23-31(29-10-4-6-12-37(29)50-40)43(55)49-28-16-19-39(54-53-27-8-2-1-3-9-27)42(22-28)52-44(56)32-24-41(26-15-18-34(46)36(48)21-26)51-38-13-7-5-11-30(32)38/h1-24H,(H,49,55)(H,52,56). The number of nitrogens with zero attached hydrogens (tertiary/aromatic N) is 4. The highest BCUT2D eigenvalue weighted by Crippen LogP contribution is 2.35. The Morgan fingerprint density at radius 3 is 1.55 bits per heavy atom. The van der Waals surface area contributed by atoms with Crippen molar-refractivity contribution in [2.24, 2.45) is 10.2 Å². The van der Waals surface area contributed by atoms with Gasteiger partial charge >= 0.3 is 0 Å². The van der Waals surface area contributed by atoms with Gasteiger partial charge in [-0.05, 0) is 78.9 Å². The van der Waals surface area contributed by atoms with E-state index < -0.39 is 11.8 Å². The zero-order chi connectivity index (χ0) is 38.8. The second kappa shape index (κ2) is 15.9. The van der Waals surface area contributed by atoms with E-state index in [2.05, 4.69) is 20.9 Å². The lowest BCUT2D eigenvalue weighted by Gasteiger charge is -2.14. The van der Waals surface area contributed by atoms with Gasteiger partial charge in [0.1, 0.15) is 5.69 Å². The van der Waals surface area contributed by atoms with Gasteiger partial charge < -0.3 is 10.6 Å². The molecule has 2 amide bonds. The summed E-state index contributed by atoms with van der Waals surface area (Å²) in [7, 11) is 0. The number of pyridine rings is 2. The molecule has 0 fully saturated rings. The van der Waals surface area contributed by atoms with Crippen molar-refractivity contribution in [1.82, 2.24) is 9.97 Å². The van der Waals surface area contributed by atoms with E-state index in [1.165, 1.54) is 0 Å². The molecule has 2 heterocycles. The molecule has 0 radical (unpaired) electrons. The third-order valence-electron chi connectivity index (χ3n) is 8.88. The van der Waals surface area contributed by atoms with Gasteiger partial charge in [-0.25, -0.2) is 9.97 Å². The Morgan fingerprint density at radius 2 is 1.00 bits per heavy atom. The summed E-state index contributed by atoms with van der Waals surface area (Å²) in [5.74, 6) is -0.830. The van der Waals surface area contributed by atoms with Crippen LogP contribution >= 0.6 is 46.4 Å². The predicted octanol–water partition coefficient (Wildman–Crippen LogP) is 13.7. The Kier molecular flexibility index (Phi) is 10.4. The molecule has 56 heavy (non-hydrogen) atoms. The van der Waals surface area contributed by atoms with E-state index in [1.807, 2.05) is 78.9 Å². The van der Waals surface area contributed by atoms with Gasteiger partial charge in [0.05, 0.1) is 65.0 Å². The van der Waals surface area contributed by atoms with Crippen molar-refractivity contribution in [2.75, 3.05) is 10.6 Å². The highest BCUT2D eigenvalue weighted by atomic mass is 35.5. The Hall–Kier alpha value is -6.16. The number of nitrogens with one attached hydrogen (secondary N) is 2. The van der Waals surface area contributed by atoms with Gasteiger partial charge in [0.2, 0.25) is 0 Å². The number of hydrogen-bond donors (Lipinski definition) is 2. The fourth-order valence-electron chi connectivity index (χ4n) is 6.13. The lowest BCUT2D eigenvalue weighted by atomic mass is 10.0. The van der Waals surface area contributed by atoms with Crippen LogP contribution in [0, 0.1) is 0 Å². The van der Waals surface area contributed by atoms with E-state index in [-0.39, 0.29) is 0 Å². The fourth-order valence-corrected chi connectivity index (χ4v) is 6.72. The minimum Gasteiger partial charge on any atom is -0.322 e. The number of amides is 2. The molecule has 0 saturated heterocycles. The normalized spacial score (nSPS) is 11.3. The first-order chi connectivity index (χ1) is 27.2. The van der Waals surface area contributed by atoms with Crippen molar-refractivity contribution in [3.8, 4) is 22.5 Å². The maximum atomic E-state index is 14.3. The van der Waals surface area contributed by atoms with E-state index in [0.717, 1.165) is 0 Å². The van der Waals surface area contributed by atoms with E-state index in [1.54, 1.807) is 66.7 Å². The maximum absolute atomic E-state index is 14.3. The van der Waals surface area contributed by atoms with Gasteiger partial charge in [-0.2, -0.15) is 5.11 Å². The van der Waals surface area contributed by atoms with Crippen LogP contribution in [0.15, 0.2) is 156 Å². The number of azo groups is 1. The number of carbonyl (C=O) groups is 2. The molecular weight excluding hydrogens is 786 g/mol. The van der Waals surface area contributed by atoms with E-state index >= 15 is 0 Å². The van der Waals surface area contributed by atoms with Crippen LogP contribution in [0.5, 0.6) is 0 Å². The molecule has 0 aliphatic rings. The number of carbonyl (C=O) groups excluding carboxylic acids is 2. The van der Waals surface area contributed by atoms with Crippen LogP contribution in [0.4, 0.5) is 22.7 Å². The van der Waals surface area contributed by atoms with Gasteiger partial charge in [-0.3, -0.25) is 9.59 Å². The van der Waals surface area contributed by atoms with Crippen molar-refractivity contribution in [1.29, 1.82) is 0 Å². The second-order valence-electron chi connectivity index (χ2n) is 12.6. The molecular formula is C44H26Cl4N6O2. The Balaban J connectivity index is 1.17. The topological polar surface area (TPSA) is 109 Å². The molecule has 2 aromatic heterocycles. The van der Waals surface area contributed by atoms with Crippen LogP contribution < -0.4 is 10.6 Å². The van der Waals surface area contributed by atoms with Crippen LogP contribution in [-0.2, 0) is 0 Å². The van der Waals surface area contributed by atoms with Crippen LogP contribution in [0.25, 0.3) is 44.3 Å². The van der Waals surface area contributed by atoms with Gasteiger partial charge in [0.15, 0.2) is 0 Å². The minimum absolute atomic E-state index is 0.306. The van der Waals surface area contributed by atoms with Gasteiger partial charge in [-0.1, -0.05) is 113 Å². The second-order valence-corrected chi connectivity index (χ2v) is 14.2.